The molecule has 22 heavy (non-hydrogen) atoms. The van der Waals surface area contributed by atoms with E-state index in [1.165, 1.54) is 0 Å². The standard InChI is InChI=1S/C17H16NO3P/c1-11-12(2)21-22(19,20-11)17-13-7-3-5-9-15(13)18-16-10-6-4-8-14(16)17/h3-12H,1-2H3. The van der Waals surface area contributed by atoms with Gasteiger partial charge in [0.2, 0.25) is 0 Å². The smallest absolute Gasteiger partial charge is 0.299 e. The molecule has 4 rings (SSSR count). The molecule has 0 amide bonds. The maximum Gasteiger partial charge on any atom is 0.363 e. The molecule has 4 nitrogen and oxygen atoms in total. The zero-order valence-electron chi connectivity index (χ0n) is 12.4. The molecule has 1 fully saturated rings. The summed E-state index contributed by atoms with van der Waals surface area (Å²) in [4.78, 5) is 4.65. The van der Waals surface area contributed by atoms with Crippen molar-refractivity contribution in [1.82, 2.24) is 4.98 Å². The number of hydrogen-bond donors (Lipinski definition) is 0. The molecule has 2 atom stereocenters. The Morgan fingerprint density at radius 2 is 1.32 bits per heavy atom. The molecule has 1 aliphatic rings. The monoisotopic (exact) mass is 313 g/mol. The van der Waals surface area contributed by atoms with Gasteiger partial charge in [0, 0.05) is 10.8 Å². The number of pyridine rings is 1. The molecule has 112 valence electrons. The Morgan fingerprint density at radius 1 is 0.864 bits per heavy atom. The molecule has 1 saturated heterocycles. The number of para-hydroxylation sites is 2. The lowest BCUT2D eigenvalue weighted by molar-refractivity contribution is 0.187. The summed E-state index contributed by atoms with van der Waals surface area (Å²) in [6, 6.07) is 15.3. The van der Waals surface area contributed by atoms with Gasteiger partial charge in [0.15, 0.2) is 0 Å². The number of nitrogens with zero attached hydrogens (tertiary/aromatic N) is 1. The van der Waals surface area contributed by atoms with Crippen molar-refractivity contribution in [2.45, 2.75) is 26.1 Å². The van der Waals surface area contributed by atoms with E-state index in [4.69, 9.17) is 9.05 Å². The summed E-state index contributed by atoms with van der Waals surface area (Å²) < 4.78 is 24.9. The van der Waals surface area contributed by atoms with Gasteiger partial charge in [0.05, 0.1) is 28.5 Å². The minimum Gasteiger partial charge on any atom is -0.299 e. The van der Waals surface area contributed by atoms with E-state index in [0.29, 0.717) is 5.30 Å². The first-order valence-electron chi connectivity index (χ1n) is 7.33. The molecule has 5 heteroatoms. The highest BCUT2D eigenvalue weighted by Gasteiger charge is 2.43. The normalized spacial score (nSPS) is 28.5. The average Bonchev–Trinajstić information content (AvgIpc) is 2.78. The van der Waals surface area contributed by atoms with E-state index < -0.39 is 7.60 Å². The lowest BCUT2D eigenvalue weighted by atomic mass is 10.1. The third-order valence-corrected chi connectivity index (χ3v) is 6.35. The third-order valence-electron chi connectivity index (χ3n) is 4.10. The maximum atomic E-state index is 13.4. The minimum absolute atomic E-state index is 0.198. The van der Waals surface area contributed by atoms with Crippen LogP contribution in [0.3, 0.4) is 0 Å². The summed E-state index contributed by atoms with van der Waals surface area (Å²) >= 11 is 0. The van der Waals surface area contributed by atoms with E-state index >= 15 is 0 Å². The number of benzene rings is 2. The van der Waals surface area contributed by atoms with E-state index in [-0.39, 0.29) is 12.2 Å². The van der Waals surface area contributed by atoms with Gasteiger partial charge in [0.1, 0.15) is 0 Å². The zero-order valence-corrected chi connectivity index (χ0v) is 13.3. The van der Waals surface area contributed by atoms with E-state index in [1.54, 1.807) is 0 Å². The minimum atomic E-state index is -3.37. The second kappa shape index (κ2) is 4.88. The van der Waals surface area contributed by atoms with Crippen LogP contribution in [-0.4, -0.2) is 17.2 Å². The Kier molecular flexibility index (Phi) is 3.08. The zero-order chi connectivity index (χ0) is 15.3. The second-order valence-electron chi connectivity index (χ2n) is 5.61. The molecule has 0 radical (unpaired) electrons. The van der Waals surface area contributed by atoms with Crippen molar-refractivity contribution in [3.63, 3.8) is 0 Å². The summed E-state index contributed by atoms with van der Waals surface area (Å²) in [7, 11) is -3.37. The van der Waals surface area contributed by atoms with Gasteiger partial charge in [-0.3, -0.25) is 13.6 Å². The topological polar surface area (TPSA) is 48.4 Å². The fourth-order valence-corrected chi connectivity index (χ4v) is 5.30. The highest BCUT2D eigenvalue weighted by molar-refractivity contribution is 7.63. The van der Waals surface area contributed by atoms with Crippen LogP contribution in [0.25, 0.3) is 21.8 Å². The van der Waals surface area contributed by atoms with Crippen LogP contribution in [0.1, 0.15) is 13.8 Å². The van der Waals surface area contributed by atoms with E-state index in [2.05, 4.69) is 4.98 Å². The van der Waals surface area contributed by atoms with Crippen LogP contribution >= 0.6 is 7.60 Å². The van der Waals surface area contributed by atoms with Gasteiger partial charge < -0.3 is 0 Å². The van der Waals surface area contributed by atoms with Crippen LogP contribution in [-0.2, 0) is 13.6 Å². The third kappa shape index (κ3) is 1.99. The Labute approximate surface area is 128 Å². The Balaban J connectivity index is 2.12. The van der Waals surface area contributed by atoms with Crippen LogP contribution in [0, 0.1) is 0 Å². The first-order valence-corrected chi connectivity index (χ1v) is 8.88. The predicted molar refractivity (Wildman–Crippen MR) is 87.6 cm³/mol. The fraction of sp³-hybridized carbons (Fsp3) is 0.235. The van der Waals surface area contributed by atoms with Crippen LogP contribution in [0.15, 0.2) is 48.5 Å². The van der Waals surface area contributed by atoms with Gasteiger partial charge in [-0.2, -0.15) is 0 Å². The molecule has 2 unspecified atom stereocenters. The predicted octanol–water partition coefficient (Wildman–Crippen LogP) is 4.03. The number of hydrogen-bond acceptors (Lipinski definition) is 4. The molecule has 0 saturated carbocycles. The van der Waals surface area contributed by atoms with Crippen LogP contribution < -0.4 is 5.30 Å². The molecule has 0 N–H and O–H groups in total. The van der Waals surface area contributed by atoms with Gasteiger partial charge in [-0.25, -0.2) is 4.98 Å². The van der Waals surface area contributed by atoms with Crippen molar-refractivity contribution in [2.24, 2.45) is 0 Å². The van der Waals surface area contributed by atoms with Gasteiger partial charge >= 0.3 is 7.60 Å². The highest BCUT2D eigenvalue weighted by atomic mass is 31.2. The van der Waals surface area contributed by atoms with E-state index in [1.807, 2.05) is 62.4 Å². The number of fused-ring (bicyclic) bond motifs is 2. The van der Waals surface area contributed by atoms with Crippen molar-refractivity contribution >= 4 is 34.7 Å². The Hall–Kier alpha value is -1.74. The van der Waals surface area contributed by atoms with Crippen molar-refractivity contribution in [3.05, 3.63) is 48.5 Å². The SMILES string of the molecule is CC1OP(=O)(c2c3ccccc3nc3ccccc23)OC1C. The summed E-state index contributed by atoms with van der Waals surface area (Å²) in [5.41, 5.74) is 1.59. The van der Waals surface area contributed by atoms with Gasteiger partial charge in [-0.05, 0) is 26.0 Å². The molecule has 1 aromatic heterocycles. The lowest BCUT2D eigenvalue weighted by Crippen LogP contribution is -2.13. The van der Waals surface area contributed by atoms with Crippen LogP contribution in [0.2, 0.25) is 0 Å². The van der Waals surface area contributed by atoms with Gasteiger partial charge in [-0.15, -0.1) is 0 Å². The first-order chi connectivity index (χ1) is 10.6. The summed E-state index contributed by atoms with van der Waals surface area (Å²) in [5, 5.41) is 2.28. The van der Waals surface area contributed by atoms with Gasteiger partial charge in [-0.1, -0.05) is 36.4 Å². The van der Waals surface area contributed by atoms with Gasteiger partial charge in [0.25, 0.3) is 0 Å². The summed E-state index contributed by atoms with van der Waals surface area (Å²) in [6.07, 6.45) is -0.395. The molecular formula is C17H16NO3P. The van der Waals surface area contributed by atoms with Crippen LogP contribution in [0.4, 0.5) is 0 Å². The maximum absolute atomic E-state index is 13.4. The molecular weight excluding hydrogens is 297 g/mol. The second-order valence-corrected chi connectivity index (χ2v) is 7.48. The molecule has 1 aliphatic heterocycles. The van der Waals surface area contributed by atoms with Crippen molar-refractivity contribution < 1.29 is 13.6 Å². The highest BCUT2D eigenvalue weighted by Crippen LogP contribution is 2.57. The van der Waals surface area contributed by atoms with E-state index in [0.717, 1.165) is 21.8 Å². The summed E-state index contributed by atoms with van der Waals surface area (Å²) in [6.45, 7) is 3.77. The average molecular weight is 313 g/mol. The number of rotatable bonds is 1. The molecule has 0 aliphatic carbocycles. The molecule has 2 aromatic carbocycles. The molecule has 2 heterocycles. The van der Waals surface area contributed by atoms with Crippen LogP contribution in [0.5, 0.6) is 0 Å². The molecule has 0 spiro atoms. The lowest BCUT2D eigenvalue weighted by Gasteiger charge is -2.16. The molecule has 0 bridgehead atoms. The fourth-order valence-electron chi connectivity index (χ4n) is 2.85. The quantitative estimate of drug-likeness (QED) is 0.503. The Bertz CT molecular complexity index is 856. The number of aromatic nitrogens is 1. The largest absolute Gasteiger partial charge is 0.363 e. The van der Waals surface area contributed by atoms with E-state index in [9.17, 15) is 4.57 Å². The summed E-state index contributed by atoms with van der Waals surface area (Å²) in [5.74, 6) is 0. The van der Waals surface area contributed by atoms with Crippen molar-refractivity contribution in [1.29, 1.82) is 0 Å². The first kappa shape index (κ1) is 13.9. The Morgan fingerprint density at radius 3 is 1.82 bits per heavy atom. The van der Waals surface area contributed by atoms with Crippen molar-refractivity contribution in [2.75, 3.05) is 0 Å². The molecule has 3 aromatic rings. The van der Waals surface area contributed by atoms with Crippen molar-refractivity contribution in [3.8, 4) is 0 Å².